The van der Waals surface area contributed by atoms with Crippen LogP contribution in [-0.2, 0) is 9.53 Å². The first kappa shape index (κ1) is 12.9. The van der Waals surface area contributed by atoms with Gasteiger partial charge >= 0.3 is 5.97 Å². The van der Waals surface area contributed by atoms with Gasteiger partial charge in [0, 0.05) is 0 Å². The average Bonchev–Trinajstić information content (AvgIpc) is 2.30. The fourth-order valence-corrected chi connectivity index (χ4v) is 1.06. The molecule has 0 aromatic heterocycles. The van der Waals surface area contributed by atoms with Gasteiger partial charge in [0.2, 0.25) is 5.70 Å². The van der Waals surface area contributed by atoms with Crippen LogP contribution in [0.15, 0.2) is 52.0 Å². The summed E-state index contributed by atoms with van der Waals surface area (Å²) in [5.41, 5.74) is 0.409. The summed E-state index contributed by atoms with van der Waals surface area (Å²) >= 11 is 0. The van der Waals surface area contributed by atoms with Crippen molar-refractivity contribution in [1.82, 2.24) is 0 Å². The summed E-state index contributed by atoms with van der Waals surface area (Å²) in [6, 6.07) is 8.91. The van der Waals surface area contributed by atoms with Crippen LogP contribution < -0.4 is 0 Å². The molecule has 0 heterocycles. The lowest BCUT2D eigenvalue weighted by Gasteiger charge is -2.01. The van der Waals surface area contributed by atoms with E-state index in [4.69, 9.17) is 4.74 Å². The number of esters is 1. The summed E-state index contributed by atoms with van der Waals surface area (Å²) in [6.07, 6.45) is 0. The molecule has 0 aliphatic heterocycles. The van der Waals surface area contributed by atoms with Gasteiger partial charge in [-0.05, 0) is 26.0 Å². The van der Waals surface area contributed by atoms with E-state index in [0.717, 1.165) is 0 Å². The summed E-state index contributed by atoms with van der Waals surface area (Å²) in [4.78, 5) is 11.4. The molecule has 0 radical (unpaired) electrons. The predicted molar refractivity (Wildman–Crippen MR) is 62.9 cm³/mol. The maximum atomic E-state index is 11.4. The van der Waals surface area contributed by atoms with E-state index in [9.17, 15) is 9.90 Å². The Balaban J connectivity index is 2.86. The molecule has 0 bridgehead atoms. The SMILES string of the molecule is CCOC(=O)/C(N=Nc1ccccc1)=C(\C)O. The van der Waals surface area contributed by atoms with Crippen molar-refractivity contribution >= 4 is 11.7 Å². The van der Waals surface area contributed by atoms with Crippen molar-refractivity contribution in [3.8, 4) is 0 Å². The van der Waals surface area contributed by atoms with Crippen molar-refractivity contribution in [2.75, 3.05) is 6.61 Å². The first-order valence-electron chi connectivity index (χ1n) is 5.19. The van der Waals surface area contributed by atoms with Crippen LogP contribution in [0.25, 0.3) is 0 Å². The third kappa shape index (κ3) is 4.06. The molecule has 1 aromatic carbocycles. The van der Waals surface area contributed by atoms with E-state index in [-0.39, 0.29) is 18.1 Å². The molecule has 0 amide bonds. The molecule has 0 aliphatic rings. The van der Waals surface area contributed by atoms with Crippen LogP contribution in [0.5, 0.6) is 0 Å². The molecule has 1 rings (SSSR count). The molecule has 5 heteroatoms. The molecule has 0 saturated carbocycles. The zero-order chi connectivity index (χ0) is 12.7. The maximum absolute atomic E-state index is 11.4. The van der Waals surface area contributed by atoms with Gasteiger partial charge in [0.1, 0.15) is 5.76 Å². The Morgan fingerprint density at radius 1 is 1.35 bits per heavy atom. The molecule has 5 nitrogen and oxygen atoms in total. The van der Waals surface area contributed by atoms with Gasteiger partial charge in [-0.15, -0.1) is 5.11 Å². The second kappa shape index (κ2) is 6.42. The van der Waals surface area contributed by atoms with Crippen LogP contribution in [0.1, 0.15) is 13.8 Å². The number of hydrogen-bond acceptors (Lipinski definition) is 5. The lowest BCUT2D eigenvalue weighted by Crippen LogP contribution is -2.07. The number of hydrogen-bond donors (Lipinski definition) is 1. The molecule has 0 saturated heterocycles. The summed E-state index contributed by atoms with van der Waals surface area (Å²) in [7, 11) is 0. The number of ether oxygens (including phenoxy) is 1. The molecule has 0 unspecified atom stereocenters. The van der Waals surface area contributed by atoms with Crippen molar-refractivity contribution in [3.05, 3.63) is 41.8 Å². The summed E-state index contributed by atoms with van der Waals surface area (Å²) < 4.78 is 4.74. The van der Waals surface area contributed by atoms with Gasteiger partial charge < -0.3 is 9.84 Å². The van der Waals surface area contributed by atoms with E-state index in [1.165, 1.54) is 6.92 Å². The van der Waals surface area contributed by atoms with Gasteiger partial charge in [-0.3, -0.25) is 0 Å². The van der Waals surface area contributed by atoms with Crippen molar-refractivity contribution in [2.24, 2.45) is 10.2 Å². The maximum Gasteiger partial charge on any atom is 0.362 e. The lowest BCUT2D eigenvalue weighted by molar-refractivity contribution is -0.138. The topological polar surface area (TPSA) is 71.2 Å². The van der Waals surface area contributed by atoms with Gasteiger partial charge in [0.15, 0.2) is 0 Å². The molecule has 17 heavy (non-hydrogen) atoms. The number of aliphatic hydroxyl groups is 1. The van der Waals surface area contributed by atoms with Crippen LogP contribution >= 0.6 is 0 Å². The highest BCUT2D eigenvalue weighted by Crippen LogP contribution is 2.14. The number of carbonyl (C=O) groups is 1. The van der Waals surface area contributed by atoms with Gasteiger partial charge in [-0.2, -0.15) is 5.11 Å². The van der Waals surface area contributed by atoms with E-state index in [0.29, 0.717) is 5.69 Å². The Bertz CT molecular complexity index is 434. The number of nitrogens with zero attached hydrogens (tertiary/aromatic N) is 2. The van der Waals surface area contributed by atoms with E-state index in [1.54, 1.807) is 31.2 Å². The van der Waals surface area contributed by atoms with E-state index in [1.807, 2.05) is 6.07 Å². The Morgan fingerprint density at radius 3 is 2.53 bits per heavy atom. The van der Waals surface area contributed by atoms with E-state index < -0.39 is 5.97 Å². The molecular weight excluding hydrogens is 220 g/mol. The van der Waals surface area contributed by atoms with E-state index >= 15 is 0 Å². The normalized spacial score (nSPS) is 12.4. The number of allylic oxidation sites excluding steroid dienone is 1. The highest BCUT2D eigenvalue weighted by Gasteiger charge is 2.13. The molecule has 0 spiro atoms. The zero-order valence-corrected chi connectivity index (χ0v) is 9.75. The highest BCUT2D eigenvalue weighted by molar-refractivity contribution is 5.88. The minimum atomic E-state index is -0.688. The van der Waals surface area contributed by atoms with Crippen LogP contribution in [0, 0.1) is 0 Å². The molecule has 0 atom stereocenters. The van der Waals surface area contributed by atoms with Crippen molar-refractivity contribution < 1.29 is 14.6 Å². The van der Waals surface area contributed by atoms with Gasteiger partial charge in [-0.1, -0.05) is 18.2 Å². The number of aliphatic hydroxyl groups excluding tert-OH is 1. The Morgan fingerprint density at radius 2 is 2.00 bits per heavy atom. The van der Waals surface area contributed by atoms with Crippen LogP contribution in [0.2, 0.25) is 0 Å². The zero-order valence-electron chi connectivity index (χ0n) is 9.75. The fraction of sp³-hybridized carbons (Fsp3) is 0.250. The smallest absolute Gasteiger partial charge is 0.362 e. The standard InChI is InChI=1S/C12H14N2O3/c1-3-17-12(16)11(9(2)15)14-13-10-7-5-4-6-8-10/h4-8,15H,3H2,1-2H3/b11-9-,14-13?. The number of carbonyl (C=O) groups excluding carboxylic acids is 1. The molecule has 1 N–H and O–H groups in total. The van der Waals surface area contributed by atoms with Gasteiger partial charge in [0.05, 0.1) is 12.3 Å². The van der Waals surface area contributed by atoms with Crippen LogP contribution in [0.4, 0.5) is 5.69 Å². The monoisotopic (exact) mass is 234 g/mol. The van der Waals surface area contributed by atoms with Crippen molar-refractivity contribution in [2.45, 2.75) is 13.8 Å². The second-order valence-electron chi connectivity index (χ2n) is 3.19. The summed E-state index contributed by atoms with van der Waals surface area (Å²) in [5, 5.41) is 16.8. The fourth-order valence-electron chi connectivity index (χ4n) is 1.06. The number of rotatable bonds is 4. The minimum Gasteiger partial charge on any atom is -0.510 e. The first-order valence-corrected chi connectivity index (χ1v) is 5.19. The quantitative estimate of drug-likeness (QED) is 0.376. The summed E-state index contributed by atoms with van der Waals surface area (Å²) in [5.74, 6) is -0.907. The molecule has 0 fully saturated rings. The minimum absolute atomic E-state index is 0.185. The van der Waals surface area contributed by atoms with E-state index in [2.05, 4.69) is 10.2 Å². The lowest BCUT2D eigenvalue weighted by atomic mass is 10.3. The Kier molecular flexibility index (Phi) is 4.87. The largest absolute Gasteiger partial charge is 0.510 e. The number of azo groups is 1. The molecular formula is C12H14N2O3. The van der Waals surface area contributed by atoms with Crippen LogP contribution in [-0.4, -0.2) is 17.7 Å². The third-order valence-corrected chi connectivity index (χ3v) is 1.83. The Labute approximate surface area is 99.4 Å². The average molecular weight is 234 g/mol. The van der Waals surface area contributed by atoms with Gasteiger partial charge in [-0.25, -0.2) is 4.79 Å². The molecule has 0 aliphatic carbocycles. The van der Waals surface area contributed by atoms with Crippen molar-refractivity contribution in [1.29, 1.82) is 0 Å². The molecule has 1 aromatic rings. The second-order valence-corrected chi connectivity index (χ2v) is 3.19. The third-order valence-electron chi connectivity index (χ3n) is 1.83. The number of benzene rings is 1. The first-order chi connectivity index (χ1) is 8.15. The predicted octanol–water partition coefficient (Wildman–Crippen LogP) is 3.12. The molecule has 90 valence electrons. The summed E-state index contributed by atoms with van der Waals surface area (Å²) in [6.45, 7) is 3.25. The van der Waals surface area contributed by atoms with Gasteiger partial charge in [0.25, 0.3) is 0 Å². The highest BCUT2D eigenvalue weighted by atomic mass is 16.5. The van der Waals surface area contributed by atoms with Crippen LogP contribution in [0.3, 0.4) is 0 Å². The van der Waals surface area contributed by atoms with Crippen molar-refractivity contribution in [3.63, 3.8) is 0 Å². The Hall–Kier alpha value is -2.17.